The maximum Gasteiger partial charge on any atom is 0.270 e. The predicted molar refractivity (Wildman–Crippen MR) is 81.3 cm³/mol. The highest BCUT2D eigenvalue weighted by atomic mass is 79.9. The molecule has 1 heterocycles. The minimum Gasteiger partial charge on any atom is -0.381 e. The minimum atomic E-state index is -0.496. The number of hydrogen-bond acceptors (Lipinski definition) is 4. The number of amides is 1. The van der Waals surface area contributed by atoms with Gasteiger partial charge in [0.05, 0.1) is 17.1 Å². The van der Waals surface area contributed by atoms with Crippen LogP contribution in [0.3, 0.4) is 0 Å². The van der Waals surface area contributed by atoms with E-state index in [1.165, 1.54) is 18.2 Å². The van der Waals surface area contributed by atoms with Crippen molar-refractivity contribution in [1.82, 2.24) is 4.90 Å². The fraction of sp³-hybridized carbons (Fsp3) is 0.500. The third kappa shape index (κ3) is 3.79. The van der Waals surface area contributed by atoms with Gasteiger partial charge in [-0.25, -0.2) is 0 Å². The Bertz CT molecular complexity index is 544. The number of nitrogens with zero attached hydrogens (tertiary/aromatic N) is 2. The smallest absolute Gasteiger partial charge is 0.270 e. The predicted octanol–water partition coefficient (Wildman–Crippen LogP) is 2.86. The number of carbonyl (C=O) groups is 1. The van der Waals surface area contributed by atoms with Crippen LogP contribution in [0.1, 0.15) is 23.7 Å². The van der Waals surface area contributed by atoms with Crippen LogP contribution in [0.2, 0.25) is 0 Å². The van der Waals surface area contributed by atoms with E-state index in [9.17, 15) is 14.9 Å². The highest BCUT2D eigenvalue weighted by Crippen LogP contribution is 2.25. The number of nitro groups is 1. The Hall–Kier alpha value is -1.47. The van der Waals surface area contributed by atoms with E-state index in [0.717, 1.165) is 13.0 Å². The van der Waals surface area contributed by atoms with Crippen LogP contribution in [0, 0.1) is 16.0 Å². The largest absolute Gasteiger partial charge is 0.381 e. The summed E-state index contributed by atoms with van der Waals surface area (Å²) in [4.78, 5) is 24.7. The average Bonchev–Trinajstić information content (AvgIpc) is 2.97. The molecule has 0 bridgehead atoms. The van der Waals surface area contributed by atoms with Crippen LogP contribution in [0.15, 0.2) is 22.7 Å². The molecule has 2 rings (SSSR count). The number of halogens is 1. The summed E-state index contributed by atoms with van der Waals surface area (Å²) >= 11 is 3.30. The van der Waals surface area contributed by atoms with Gasteiger partial charge < -0.3 is 9.64 Å². The lowest BCUT2D eigenvalue weighted by Crippen LogP contribution is -2.35. The Kier molecular flexibility index (Phi) is 5.30. The normalized spacial score (nSPS) is 17.7. The molecule has 1 aromatic rings. The molecule has 1 amide bonds. The van der Waals surface area contributed by atoms with Gasteiger partial charge in [-0.2, -0.15) is 0 Å². The van der Waals surface area contributed by atoms with Gasteiger partial charge in [-0.1, -0.05) is 0 Å². The van der Waals surface area contributed by atoms with Gasteiger partial charge in [-0.3, -0.25) is 14.9 Å². The van der Waals surface area contributed by atoms with Gasteiger partial charge in [-0.15, -0.1) is 0 Å². The second-order valence-electron chi connectivity index (χ2n) is 4.99. The zero-order valence-corrected chi connectivity index (χ0v) is 13.3. The van der Waals surface area contributed by atoms with Crippen LogP contribution < -0.4 is 0 Å². The summed E-state index contributed by atoms with van der Waals surface area (Å²) in [7, 11) is 0. The Morgan fingerprint density at radius 1 is 1.57 bits per heavy atom. The Morgan fingerprint density at radius 2 is 2.33 bits per heavy atom. The lowest BCUT2D eigenvalue weighted by atomic mass is 10.1. The molecule has 0 saturated carbocycles. The standard InChI is InChI=1S/C14H17BrN2O4/c1-2-16(8-10-5-6-21-9-10)14(18)12-7-11(17(19)20)3-4-13(12)15/h3-4,7,10H,2,5-6,8-9H2,1H3. The molecule has 0 aromatic heterocycles. The fourth-order valence-electron chi connectivity index (χ4n) is 2.36. The second kappa shape index (κ2) is 7.00. The van der Waals surface area contributed by atoms with E-state index in [-0.39, 0.29) is 11.6 Å². The van der Waals surface area contributed by atoms with Crippen molar-refractivity contribution in [2.45, 2.75) is 13.3 Å². The van der Waals surface area contributed by atoms with Gasteiger partial charge in [0.15, 0.2) is 0 Å². The summed E-state index contributed by atoms with van der Waals surface area (Å²) in [5, 5.41) is 10.9. The fourth-order valence-corrected chi connectivity index (χ4v) is 2.77. The molecule has 1 fully saturated rings. The molecular formula is C14H17BrN2O4. The van der Waals surface area contributed by atoms with Crippen LogP contribution >= 0.6 is 15.9 Å². The summed E-state index contributed by atoms with van der Waals surface area (Å²) in [5.74, 6) is 0.145. The van der Waals surface area contributed by atoms with Gasteiger partial charge in [0, 0.05) is 42.2 Å². The van der Waals surface area contributed by atoms with Gasteiger partial charge in [-0.05, 0) is 35.3 Å². The third-order valence-corrected chi connectivity index (χ3v) is 4.25. The molecule has 1 atom stereocenters. The molecular weight excluding hydrogens is 340 g/mol. The van der Waals surface area contributed by atoms with Crippen LogP contribution in [-0.2, 0) is 4.74 Å². The topological polar surface area (TPSA) is 72.7 Å². The van der Waals surface area contributed by atoms with Crippen molar-refractivity contribution in [2.24, 2.45) is 5.92 Å². The van der Waals surface area contributed by atoms with Gasteiger partial charge in [0.2, 0.25) is 0 Å². The molecule has 1 aliphatic heterocycles. The summed E-state index contributed by atoms with van der Waals surface area (Å²) in [5.41, 5.74) is 0.242. The number of rotatable bonds is 5. The van der Waals surface area contributed by atoms with Gasteiger partial charge in [0.1, 0.15) is 0 Å². The number of hydrogen-bond donors (Lipinski definition) is 0. The van der Waals surface area contributed by atoms with Crippen molar-refractivity contribution >= 4 is 27.5 Å². The highest BCUT2D eigenvalue weighted by molar-refractivity contribution is 9.10. The van der Waals surface area contributed by atoms with E-state index in [1.807, 2.05) is 6.92 Å². The van der Waals surface area contributed by atoms with Crippen molar-refractivity contribution in [1.29, 1.82) is 0 Å². The Balaban J connectivity index is 2.19. The average molecular weight is 357 g/mol. The van der Waals surface area contributed by atoms with E-state index in [4.69, 9.17) is 4.74 Å². The van der Waals surface area contributed by atoms with E-state index in [0.29, 0.717) is 35.7 Å². The summed E-state index contributed by atoms with van der Waals surface area (Å²) < 4.78 is 5.89. The maximum atomic E-state index is 12.6. The maximum absolute atomic E-state index is 12.6. The van der Waals surface area contributed by atoms with Crippen molar-refractivity contribution < 1.29 is 14.5 Å². The van der Waals surface area contributed by atoms with Crippen molar-refractivity contribution in [3.63, 3.8) is 0 Å². The lowest BCUT2D eigenvalue weighted by Gasteiger charge is -2.24. The van der Waals surface area contributed by atoms with Crippen molar-refractivity contribution in [2.75, 3.05) is 26.3 Å². The molecule has 6 nitrogen and oxygen atoms in total. The zero-order valence-electron chi connectivity index (χ0n) is 11.8. The number of non-ortho nitro benzene ring substituents is 1. The molecule has 0 spiro atoms. The summed E-state index contributed by atoms with van der Waals surface area (Å²) in [6, 6.07) is 4.24. The quantitative estimate of drug-likeness (QED) is 0.600. The van der Waals surface area contributed by atoms with E-state index < -0.39 is 4.92 Å². The first-order valence-corrected chi connectivity index (χ1v) is 7.63. The lowest BCUT2D eigenvalue weighted by molar-refractivity contribution is -0.384. The van der Waals surface area contributed by atoms with Crippen LogP contribution in [-0.4, -0.2) is 42.0 Å². The molecule has 1 aliphatic rings. The number of benzene rings is 1. The van der Waals surface area contributed by atoms with Crippen LogP contribution in [0.4, 0.5) is 5.69 Å². The monoisotopic (exact) mass is 356 g/mol. The molecule has 0 aliphatic carbocycles. The summed E-state index contributed by atoms with van der Waals surface area (Å²) in [6.45, 7) is 4.48. The summed E-state index contributed by atoms with van der Waals surface area (Å²) in [6.07, 6.45) is 0.944. The second-order valence-corrected chi connectivity index (χ2v) is 5.85. The first kappa shape index (κ1) is 15.9. The molecule has 0 N–H and O–H groups in total. The molecule has 1 unspecified atom stereocenters. The molecule has 0 radical (unpaired) electrons. The number of ether oxygens (including phenoxy) is 1. The van der Waals surface area contributed by atoms with Gasteiger partial charge in [0.25, 0.3) is 11.6 Å². The first-order chi connectivity index (χ1) is 10.0. The number of nitro benzene ring substituents is 1. The molecule has 7 heteroatoms. The molecule has 114 valence electrons. The molecule has 21 heavy (non-hydrogen) atoms. The minimum absolute atomic E-state index is 0.0817. The van der Waals surface area contributed by atoms with Crippen molar-refractivity contribution in [3.8, 4) is 0 Å². The zero-order chi connectivity index (χ0) is 15.4. The SMILES string of the molecule is CCN(CC1CCOC1)C(=O)c1cc([N+](=O)[O-])ccc1Br. The number of carbonyl (C=O) groups excluding carboxylic acids is 1. The first-order valence-electron chi connectivity index (χ1n) is 6.84. The van der Waals surface area contributed by atoms with Gasteiger partial charge >= 0.3 is 0 Å². The Labute approximate surface area is 131 Å². The van der Waals surface area contributed by atoms with E-state index in [1.54, 1.807) is 4.90 Å². The molecule has 1 aromatic carbocycles. The van der Waals surface area contributed by atoms with E-state index in [2.05, 4.69) is 15.9 Å². The highest BCUT2D eigenvalue weighted by Gasteiger charge is 2.24. The Morgan fingerprint density at radius 3 is 2.90 bits per heavy atom. The van der Waals surface area contributed by atoms with E-state index >= 15 is 0 Å². The van der Waals surface area contributed by atoms with Crippen LogP contribution in [0.25, 0.3) is 0 Å². The van der Waals surface area contributed by atoms with Crippen LogP contribution in [0.5, 0.6) is 0 Å². The van der Waals surface area contributed by atoms with Crippen molar-refractivity contribution in [3.05, 3.63) is 38.3 Å². The molecule has 1 saturated heterocycles. The third-order valence-electron chi connectivity index (χ3n) is 3.56.